The van der Waals surface area contributed by atoms with Crippen LogP contribution in [0.2, 0.25) is 0 Å². The molecule has 2 fully saturated rings. The van der Waals surface area contributed by atoms with Crippen molar-refractivity contribution in [3.63, 3.8) is 0 Å². The molecule has 4 amide bonds. The molecule has 2 saturated heterocycles. The number of imide groups is 1. The van der Waals surface area contributed by atoms with E-state index in [1.165, 1.54) is 0 Å². The Hall–Kier alpha value is -2.90. The van der Waals surface area contributed by atoms with E-state index >= 15 is 0 Å². The second kappa shape index (κ2) is 5.58. The van der Waals surface area contributed by atoms with Gasteiger partial charge in [-0.3, -0.25) is 14.9 Å². The molecule has 8 nitrogen and oxygen atoms in total. The normalized spacial score (nSPS) is 24.4. The van der Waals surface area contributed by atoms with Gasteiger partial charge >= 0.3 is 12.0 Å². The number of hydrogen-bond acceptors (Lipinski definition) is 5. The van der Waals surface area contributed by atoms with Crippen molar-refractivity contribution in [3.8, 4) is 0 Å². The summed E-state index contributed by atoms with van der Waals surface area (Å²) < 4.78 is 5.30. The number of esters is 1. The molecule has 1 atom stereocenters. The molecule has 1 aromatic rings. The third-order valence-electron chi connectivity index (χ3n) is 5.11. The lowest BCUT2D eigenvalue weighted by atomic mass is 9.87. The van der Waals surface area contributed by atoms with Crippen molar-refractivity contribution in [2.24, 2.45) is 0 Å². The lowest BCUT2D eigenvalue weighted by Gasteiger charge is -2.38. The first-order valence-electron chi connectivity index (χ1n) is 8.20. The first kappa shape index (κ1) is 15.6. The third-order valence-corrected chi connectivity index (χ3v) is 5.11. The van der Waals surface area contributed by atoms with E-state index in [1.807, 2.05) is 12.1 Å². The Labute approximate surface area is 143 Å². The highest BCUT2D eigenvalue weighted by molar-refractivity contribution is 6.07. The maximum Gasteiger partial charge on any atom is 0.339 e. The molecule has 1 spiro atoms. The summed E-state index contributed by atoms with van der Waals surface area (Å²) in [5.41, 5.74) is 0.367. The monoisotopic (exact) mass is 343 g/mol. The Morgan fingerprint density at radius 2 is 1.88 bits per heavy atom. The smallest absolute Gasteiger partial charge is 0.339 e. The van der Waals surface area contributed by atoms with Gasteiger partial charge in [0.25, 0.3) is 11.8 Å². The number of nitrogens with one attached hydrogen (secondary N) is 2. The number of likely N-dealkylation sites (tertiary alicyclic amines) is 1. The van der Waals surface area contributed by atoms with Gasteiger partial charge < -0.3 is 15.0 Å². The average Bonchev–Trinajstić information content (AvgIpc) is 2.88. The molecule has 0 unspecified atom stereocenters. The average molecular weight is 343 g/mol. The van der Waals surface area contributed by atoms with E-state index in [0.29, 0.717) is 37.9 Å². The summed E-state index contributed by atoms with van der Waals surface area (Å²) in [6.07, 6.45) is 0.184. The van der Waals surface area contributed by atoms with Crippen LogP contribution in [0, 0.1) is 0 Å². The van der Waals surface area contributed by atoms with Crippen molar-refractivity contribution >= 4 is 23.8 Å². The number of hydrogen-bond donors (Lipinski definition) is 2. The highest BCUT2D eigenvalue weighted by Crippen LogP contribution is 2.27. The Bertz CT molecular complexity index is 782. The summed E-state index contributed by atoms with van der Waals surface area (Å²) in [4.78, 5) is 49.7. The lowest BCUT2D eigenvalue weighted by Crippen LogP contribution is -2.57. The maximum absolute atomic E-state index is 12.7. The van der Waals surface area contributed by atoms with Crippen LogP contribution in [0.3, 0.4) is 0 Å². The molecule has 0 radical (unpaired) electrons. The van der Waals surface area contributed by atoms with Crippen LogP contribution < -0.4 is 10.6 Å². The topological polar surface area (TPSA) is 105 Å². The highest BCUT2D eigenvalue weighted by atomic mass is 16.5. The number of piperidine rings is 1. The first-order chi connectivity index (χ1) is 12.0. The summed E-state index contributed by atoms with van der Waals surface area (Å²) in [5, 5.41) is 4.89. The van der Waals surface area contributed by atoms with Crippen LogP contribution in [0.4, 0.5) is 4.79 Å². The van der Waals surface area contributed by atoms with Gasteiger partial charge in [-0.2, -0.15) is 0 Å². The Morgan fingerprint density at radius 3 is 2.56 bits per heavy atom. The fourth-order valence-electron chi connectivity index (χ4n) is 3.66. The highest BCUT2D eigenvalue weighted by Gasteiger charge is 2.49. The summed E-state index contributed by atoms with van der Waals surface area (Å²) >= 11 is 0. The van der Waals surface area contributed by atoms with Crippen LogP contribution >= 0.6 is 0 Å². The summed E-state index contributed by atoms with van der Waals surface area (Å²) in [6, 6.07) is 6.59. The van der Waals surface area contributed by atoms with Gasteiger partial charge in [0, 0.05) is 19.5 Å². The molecule has 4 rings (SSSR count). The minimum atomic E-state index is -0.927. The van der Waals surface area contributed by atoms with E-state index in [4.69, 9.17) is 4.74 Å². The van der Waals surface area contributed by atoms with Crippen molar-refractivity contribution in [2.45, 2.75) is 30.9 Å². The molecule has 25 heavy (non-hydrogen) atoms. The van der Waals surface area contributed by atoms with Gasteiger partial charge in [-0.1, -0.05) is 18.2 Å². The number of carbonyl (C=O) groups is 4. The summed E-state index contributed by atoms with van der Waals surface area (Å²) in [6.45, 7) is 0.643. The van der Waals surface area contributed by atoms with Gasteiger partial charge in [-0.25, -0.2) is 9.59 Å². The fourth-order valence-corrected chi connectivity index (χ4v) is 3.66. The standard InChI is InChI=1S/C17H17N3O5/c21-13(12-9-10-3-1-2-4-11(10)14(22)25-12)20-7-5-17(6-8-20)15(23)18-16(24)19-17/h1-4,12H,5-9H2,(H2,18,19,23,24)/t12-/m1/s1. The lowest BCUT2D eigenvalue weighted by molar-refractivity contribution is -0.144. The molecule has 3 aliphatic heterocycles. The molecule has 3 heterocycles. The minimum absolute atomic E-state index is 0.262. The first-order valence-corrected chi connectivity index (χ1v) is 8.20. The third kappa shape index (κ3) is 2.54. The quantitative estimate of drug-likeness (QED) is 0.550. The molecule has 8 heteroatoms. The molecule has 3 aliphatic rings. The largest absolute Gasteiger partial charge is 0.448 e. The zero-order chi connectivity index (χ0) is 17.6. The van der Waals surface area contributed by atoms with Crippen LogP contribution in [0.25, 0.3) is 0 Å². The second-order valence-electron chi connectivity index (χ2n) is 6.57. The Morgan fingerprint density at radius 1 is 1.16 bits per heavy atom. The van der Waals surface area contributed by atoms with Gasteiger partial charge in [0.05, 0.1) is 5.56 Å². The van der Waals surface area contributed by atoms with Crippen LogP contribution in [0.1, 0.15) is 28.8 Å². The Balaban J connectivity index is 1.44. The number of carbonyl (C=O) groups excluding carboxylic acids is 4. The molecule has 1 aromatic carbocycles. The number of benzene rings is 1. The molecule has 130 valence electrons. The van der Waals surface area contributed by atoms with Crippen LogP contribution in [0.15, 0.2) is 24.3 Å². The van der Waals surface area contributed by atoms with Gasteiger partial charge in [-0.05, 0) is 24.5 Å². The zero-order valence-corrected chi connectivity index (χ0v) is 13.4. The van der Waals surface area contributed by atoms with Crippen molar-refractivity contribution in [1.82, 2.24) is 15.5 Å². The summed E-state index contributed by atoms with van der Waals surface area (Å²) in [5.74, 6) is -1.10. The van der Waals surface area contributed by atoms with Gasteiger partial charge in [0.15, 0.2) is 6.10 Å². The van der Waals surface area contributed by atoms with Crippen LogP contribution in [-0.4, -0.2) is 53.4 Å². The van der Waals surface area contributed by atoms with Gasteiger partial charge in [0.2, 0.25) is 0 Å². The number of fused-ring (bicyclic) bond motifs is 1. The van der Waals surface area contributed by atoms with Crippen LogP contribution in [-0.2, 0) is 20.7 Å². The van der Waals surface area contributed by atoms with E-state index in [9.17, 15) is 19.2 Å². The molecule has 0 aromatic heterocycles. The van der Waals surface area contributed by atoms with E-state index in [0.717, 1.165) is 5.56 Å². The number of urea groups is 1. The van der Waals surface area contributed by atoms with Gasteiger partial charge in [0.1, 0.15) is 5.54 Å². The van der Waals surface area contributed by atoms with Crippen molar-refractivity contribution < 1.29 is 23.9 Å². The van der Waals surface area contributed by atoms with Crippen molar-refractivity contribution in [1.29, 1.82) is 0 Å². The number of amides is 4. The number of ether oxygens (including phenoxy) is 1. The fraction of sp³-hybridized carbons (Fsp3) is 0.412. The minimum Gasteiger partial charge on any atom is -0.448 e. The van der Waals surface area contributed by atoms with E-state index < -0.39 is 23.6 Å². The van der Waals surface area contributed by atoms with E-state index in [1.54, 1.807) is 17.0 Å². The molecule has 0 bridgehead atoms. The number of rotatable bonds is 1. The predicted octanol–water partition coefficient (Wildman–Crippen LogP) is -0.0313. The number of cyclic esters (lactones) is 1. The maximum atomic E-state index is 12.7. The predicted molar refractivity (Wildman–Crippen MR) is 84.6 cm³/mol. The van der Waals surface area contributed by atoms with E-state index in [-0.39, 0.29) is 11.8 Å². The molecule has 2 N–H and O–H groups in total. The van der Waals surface area contributed by atoms with Crippen molar-refractivity contribution in [2.75, 3.05) is 13.1 Å². The second-order valence-corrected chi connectivity index (χ2v) is 6.57. The number of nitrogens with zero attached hydrogens (tertiary/aromatic N) is 1. The van der Waals surface area contributed by atoms with Crippen LogP contribution in [0.5, 0.6) is 0 Å². The molecular weight excluding hydrogens is 326 g/mol. The Kier molecular flexibility index (Phi) is 3.48. The van der Waals surface area contributed by atoms with Gasteiger partial charge in [-0.15, -0.1) is 0 Å². The molecule has 0 aliphatic carbocycles. The molecular formula is C17H17N3O5. The summed E-state index contributed by atoms with van der Waals surface area (Å²) in [7, 11) is 0. The molecule has 0 saturated carbocycles. The van der Waals surface area contributed by atoms with E-state index in [2.05, 4.69) is 10.6 Å². The SMILES string of the molecule is O=C1NC(=O)C2(CCN(C(=O)[C@H]3Cc4ccccc4C(=O)O3)CC2)N1. The zero-order valence-electron chi connectivity index (χ0n) is 13.4. The van der Waals surface area contributed by atoms with Crippen molar-refractivity contribution in [3.05, 3.63) is 35.4 Å².